The fourth-order valence-electron chi connectivity index (χ4n) is 5.22. The molecule has 47 heavy (non-hydrogen) atoms. The molecule has 2 amide bonds. The first-order valence-electron chi connectivity index (χ1n) is 14.5. The number of thioether (sulfide) groups is 1. The van der Waals surface area contributed by atoms with Crippen molar-refractivity contribution in [1.82, 2.24) is 10.6 Å². The standard InChI is InChI=1S/C30H40N2O14S/c1-41-15-5-13(6-16(9-15)42-2)27(39)31-21-23(35)19(11-33)45-29(25(21)37)47-30-26(38)22(24(36)20(12-34)46-30)32-28(40)14-7-17(43-3)10-18(8-14)44-4/h5-10,19-26,29-30,33-38H,11-12H2,1-4H3,(H,31,39)(H,32,40)/t19-,20-,21-,22-,23+,24+,25-,26-,29+,30+/m1/s1. The third-order valence-electron chi connectivity index (χ3n) is 7.86. The molecule has 0 saturated carbocycles. The number of carbonyl (C=O) groups excluding carboxylic acids is 2. The number of hydrogen-bond acceptors (Lipinski definition) is 15. The predicted octanol–water partition coefficient (Wildman–Crippen LogP) is -1.77. The van der Waals surface area contributed by atoms with Crippen LogP contribution in [-0.2, 0) is 9.47 Å². The lowest BCUT2D eigenvalue weighted by Gasteiger charge is -2.46. The summed E-state index contributed by atoms with van der Waals surface area (Å²) < 4.78 is 32.3. The van der Waals surface area contributed by atoms with E-state index < -0.39 is 84.6 Å². The van der Waals surface area contributed by atoms with Gasteiger partial charge in [0.25, 0.3) is 11.8 Å². The van der Waals surface area contributed by atoms with Crippen LogP contribution in [0.1, 0.15) is 20.7 Å². The van der Waals surface area contributed by atoms with E-state index in [9.17, 15) is 40.2 Å². The molecule has 2 aromatic carbocycles. The van der Waals surface area contributed by atoms with Crippen LogP contribution >= 0.6 is 11.8 Å². The van der Waals surface area contributed by atoms with Crippen LogP contribution in [0.15, 0.2) is 36.4 Å². The molecular weight excluding hydrogens is 644 g/mol. The number of hydrogen-bond donors (Lipinski definition) is 8. The zero-order valence-electron chi connectivity index (χ0n) is 26.0. The Bertz CT molecular complexity index is 1240. The fraction of sp³-hybridized carbons (Fsp3) is 0.533. The van der Waals surface area contributed by atoms with Gasteiger partial charge in [0.15, 0.2) is 0 Å². The van der Waals surface area contributed by atoms with Crippen LogP contribution in [0.2, 0.25) is 0 Å². The van der Waals surface area contributed by atoms with Crippen molar-refractivity contribution in [3.05, 3.63) is 47.5 Å². The van der Waals surface area contributed by atoms with Crippen molar-refractivity contribution in [2.45, 2.75) is 59.6 Å². The van der Waals surface area contributed by atoms with Gasteiger partial charge in [0.05, 0.1) is 53.7 Å². The smallest absolute Gasteiger partial charge is 0.251 e. The third kappa shape index (κ3) is 8.19. The van der Waals surface area contributed by atoms with Crippen molar-refractivity contribution >= 4 is 23.6 Å². The number of nitrogens with one attached hydrogen (secondary N) is 2. The van der Waals surface area contributed by atoms with Crippen LogP contribution in [0.5, 0.6) is 23.0 Å². The second-order valence-electron chi connectivity index (χ2n) is 10.8. The molecule has 2 heterocycles. The highest BCUT2D eigenvalue weighted by Crippen LogP contribution is 2.37. The molecule has 2 aliphatic heterocycles. The Balaban J connectivity index is 1.54. The van der Waals surface area contributed by atoms with Crippen LogP contribution in [-0.4, -0.2) is 144 Å². The Morgan fingerprint density at radius 3 is 1.21 bits per heavy atom. The van der Waals surface area contributed by atoms with Crippen molar-refractivity contribution in [1.29, 1.82) is 0 Å². The average molecular weight is 685 g/mol. The van der Waals surface area contributed by atoms with Gasteiger partial charge in [-0.3, -0.25) is 9.59 Å². The Labute approximate surface area is 274 Å². The number of carbonyl (C=O) groups is 2. The molecule has 17 heteroatoms. The number of benzene rings is 2. The highest BCUT2D eigenvalue weighted by Gasteiger charge is 2.50. The second-order valence-corrected chi connectivity index (χ2v) is 12.0. The maximum atomic E-state index is 13.2. The highest BCUT2D eigenvalue weighted by molar-refractivity contribution is 8.00. The van der Waals surface area contributed by atoms with Gasteiger partial charge < -0.3 is 69.7 Å². The third-order valence-corrected chi connectivity index (χ3v) is 9.18. The van der Waals surface area contributed by atoms with E-state index in [0.29, 0.717) is 34.8 Å². The molecule has 0 bridgehead atoms. The summed E-state index contributed by atoms with van der Waals surface area (Å²) in [5.41, 5.74) is -2.47. The number of aliphatic hydroxyl groups excluding tert-OH is 6. The number of ether oxygens (including phenoxy) is 6. The molecule has 0 spiro atoms. The van der Waals surface area contributed by atoms with Crippen LogP contribution < -0.4 is 29.6 Å². The van der Waals surface area contributed by atoms with Gasteiger partial charge >= 0.3 is 0 Å². The monoisotopic (exact) mass is 684 g/mol. The molecule has 260 valence electrons. The molecule has 0 aliphatic carbocycles. The maximum Gasteiger partial charge on any atom is 0.251 e. The highest BCUT2D eigenvalue weighted by atomic mass is 32.2. The Morgan fingerprint density at radius 1 is 0.617 bits per heavy atom. The summed E-state index contributed by atoms with van der Waals surface area (Å²) >= 11 is 0.706. The van der Waals surface area contributed by atoms with E-state index >= 15 is 0 Å². The van der Waals surface area contributed by atoms with Gasteiger partial charge in [-0.1, -0.05) is 11.8 Å². The fourth-order valence-corrected chi connectivity index (χ4v) is 6.56. The molecule has 0 radical (unpaired) electrons. The summed E-state index contributed by atoms with van der Waals surface area (Å²) in [5, 5.41) is 69.3. The molecule has 2 fully saturated rings. The van der Waals surface area contributed by atoms with Gasteiger partial charge in [-0.25, -0.2) is 0 Å². The van der Waals surface area contributed by atoms with E-state index in [0.717, 1.165) is 0 Å². The van der Waals surface area contributed by atoms with Crippen molar-refractivity contribution in [2.75, 3.05) is 41.7 Å². The van der Waals surface area contributed by atoms with Gasteiger partial charge in [-0.2, -0.15) is 0 Å². The number of methoxy groups -OCH3 is 4. The van der Waals surface area contributed by atoms with Crippen molar-refractivity contribution in [2.24, 2.45) is 0 Å². The van der Waals surface area contributed by atoms with Crippen LogP contribution in [0, 0.1) is 0 Å². The molecule has 2 aliphatic rings. The maximum absolute atomic E-state index is 13.2. The first-order valence-corrected chi connectivity index (χ1v) is 15.4. The molecule has 10 atom stereocenters. The van der Waals surface area contributed by atoms with Crippen LogP contribution in [0.25, 0.3) is 0 Å². The number of rotatable bonds is 12. The van der Waals surface area contributed by atoms with E-state index in [1.807, 2.05) is 0 Å². The second kappa shape index (κ2) is 16.1. The zero-order valence-corrected chi connectivity index (χ0v) is 26.8. The molecular formula is C30H40N2O14S. The summed E-state index contributed by atoms with van der Waals surface area (Å²) in [6.07, 6.45) is -8.92. The molecule has 2 aromatic rings. The van der Waals surface area contributed by atoms with Gasteiger partial charge in [-0.15, -0.1) is 0 Å². The molecule has 0 aromatic heterocycles. The summed E-state index contributed by atoms with van der Waals surface area (Å²) in [7, 11) is 5.63. The van der Waals surface area contributed by atoms with Gasteiger partial charge in [0, 0.05) is 23.3 Å². The van der Waals surface area contributed by atoms with E-state index in [1.165, 1.54) is 52.7 Å². The number of aliphatic hydroxyl groups is 6. The molecule has 4 rings (SSSR count). The minimum absolute atomic E-state index is 0.0925. The van der Waals surface area contributed by atoms with Gasteiger partial charge in [0.1, 0.15) is 70.5 Å². The summed E-state index contributed by atoms with van der Waals surface area (Å²) in [6, 6.07) is 6.06. The zero-order chi connectivity index (χ0) is 34.4. The summed E-state index contributed by atoms with van der Waals surface area (Å²) in [6.45, 7) is -1.39. The van der Waals surface area contributed by atoms with Crippen molar-refractivity contribution in [3.8, 4) is 23.0 Å². The van der Waals surface area contributed by atoms with E-state index in [4.69, 9.17) is 28.4 Å². The molecule has 8 N–H and O–H groups in total. The van der Waals surface area contributed by atoms with E-state index in [1.54, 1.807) is 12.1 Å². The van der Waals surface area contributed by atoms with Crippen molar-refractivity contribution in [3.63, 3.8) is 0 Å². The van der Waals surface area contributed by atoms with Gasteiger partial charge in [-0.05, 0) is 24.3 Å². The van der Waals surface area contributed by atoms with Crippen molar-refractivity contribution < 1.29 is 68.6 Å². The normalized spacial score (nSPS) is 30.6. The minimum atomic E-state index is -1.62. The first-order chi connectivity index (χ1) is 22.5. The summed E-state index contributed by atoms with van der Waals surface area (Å²) in [4.78, 5) is 26.4. The Kier molecular flexibility index (Phi) is 12.5. The van der Waals surface area contributed by atoms with E-state index in [2.05, 4.69) is 10.6 Å². The number of amides is 2. The van der Waals surface area contributed by atoms with E-state index in [-0.39, 0.29) is 11.1 Å². The predicted molar refractivity (Wildman–Crippen MR) is 165 cm³/mol. The largest absolute Gasteiger partial charge is 0.497 e. The average Bonchev–Trinajstić information content (AvgIpc) is 3.09. The molecule has 2 saturated heterocycles. The summed E-state index contributed by atoms with van der Waals surface area (Å²) in [5.74, 6) is -0.133. The Hall–Kier alpha value is -3.39. The van der Waals surface area contributed by atoms with Crippen LogP contribution in [0.4, 0.5) is 0 Å². The molecule has 0 unspecified atom stereocenters. The first kappa shape index (κ1) is 36.4. The Morgan fingerprint density at radius 2 is 0.936 bits per heavy atom. The lowest BCUT2D eigenvalue weighted by Crippen LogP contribution is -2.66. The lowest BCUT2D eigenvalue weighted by atomic mass is 9.96. The minimum Gasteiger partial charge on any atom is -0.497 e. The quantitative estimate of drug-likeness (QED) is 0.124. The van der Waals surface area contributed by atoms with Crippen LogP contribution in [0.3, 0.4) is 0 Å². The SMILES string of the molecule is COc1cc(OC)cc(C(=O)N[C@@H]2[C@@H](O)[C@@H](CO)O[C@@H](S[C@@H]3O[C@H](CO)[C@H](O)[C@@H](NC(=O)c4cc(OC)cc(OC)c4)[C@H]3O)[C@@H]2O)c1. The topological polar surface area (TPSA) is 235 Å². The molecule has 16 nitrogen and oxygen atoms in total. The lowest BCUT2D eigenvalue weighted by molar-refractivity contribution is -0.175. The van der Waals surface area contributed by atoms with Gasteiger partial charge in [0.2, 0.25) is 0 Å².